The van der Waals surface area contributed by atoms with Gasteiger partial charge in [-0.2, -0.15) is 0 Å². The number of hydrogen-bond donors (Lipinski definition) is 1. The predicted octanol–water partition coefficient (Wildman–Crippen LogP) is 3.39. The molecule has 0 radical (unpaired) electrons. The van der Waals surface area contributed by atoms with Crippen LogP contribution in [-0.2, 0) is 0 Å². The Balaban J connectivity index is 3.12. The topological polar surface area (TPSA) is 32.9 Å². The van der Waals surface area contributed by atoms with E-state index in [1.165, 1.54) is 6.20 Å². The Bertz CT molecular complexity index is 608. The second kappa shape index (κ2) is 3.61. The van der Waals surface area contributed by atoms with Gasteiger partial charge in [-0.05, 0) is 34.5 Å². The Morgan fingerprint density at radius 3 is 2.87 bits per heavy atom. The van der Waals surface area contributed by atoms with Crippen LogP contribution >= 0.6 is 27.5 Å². The van der Waals surface area contributed by atoms with Crippen LogP contribution in [0.1, 0.15) is 5.56 Å². The fourth-order valence-corrected chi connectivity index (χ4v) is 2.16. The Hall–Kier alpha value is -0.870. The lowest BCUT2D eigenvalue weighted by molar-refractivity contribution is 0.632. The Labute approximate surface area is 98.2 Å². The number of fused-ring (bicyclic) bond motifs is 1. The van der Waals surface area contributed by atoms with Crippen molar-refractivity contribution in [2.75, 3.05) is 0 Å². The molecule has 0 saturated heterocycles. The second-order valence-electron chi connectivity index (χ2n) is 3.21. The highest BCUT2D eigenvalue weighted by Crippen LogP contribution is 2.25. The minimum Gasteiger partial charge on any atom is -0.359 e. The van der Waals surface area contributed by atoms with E-state index in [1.54, 1.807) is 13.0 Å². The minimum atomic E-state index is -0.584. The summed E-state index contributed by atoms with van der Waals surface area (Å²) >= 11 is 8.69. The van der Waals surface area contributed by atoms with Gasteiger partial charge in [0.25, 0.3) is 0 Å². The van der Waals surface area contributed by atoms with Crippen LogP contribution in [0.15, 0.2) is 21.5 Å². The van der Waals surface area contributed by atoms with Gasteiger partial charge in [0, 0.05) is 6.20 Å². The van der Waals surface area contributed by atoms with E-state index in [9.17, 15) is 9.18 Å². The molecule has 0 aliphatic carbocycles. The van der Waals surface area contributed by atoms with E-state index < -0.39 is 11.2 Å². The van der Waals surface area contributed by atoms with E-state index in [1.807, 2.05) is 0 Å². The van der Waals surface area contributed by atoms with Gasteiger partial charge in [-0.15, -0.1) is 0 Å². The lowest BCUT2D eigenvalue weighted by Gasteiger charge is -2.05. The predicted molar refractivity (Wildman–Crippen MR) is 62.0 cm³/mol. The van der Waals surface area contributed by atoms with E-state index in [2.05, 4.69) is 20.9 Å². The first-order chi connectivity index (χ1) is 7.02. The molecule has 1 N–H and O–H groups in total. The molecule has 78 valence electrons. The summed E-state index contributed by atoms with van der Waals surface area (Å²) in [6.07, 6.45) is 1.37. The average molecular weight is 291 g/mol. The van der Waals surface area contributed by atoms with Crippen LogP contribution in [-0.4, -0.2) is 4.98 Å². The van der Waals surface area contributed by atoms with Crippen LogP contribution in [0.5, 0.6) is 0 Å². The Morgan fingerprint density at radius 2 is 2.20 bits per heavy atom. The van der Waals surface area contributed by atoms with Gasteiger partial charge in [0.15, 0.2) is 5.82 Å². The molecule has 0 bridgehead atoms. The highest BCUT2D eigenvalue weighted by atomic mass is 79.9. The molecule has 0 amide bonds. The number of nitrogens with one attached hydrogen (secondary N) is 1. The summed E-state index contributed by atoms with van der Waals surface area (Å²) in [6.45, 7) is 1.79. The van der Waals surface area contributed by atoms with Crippen molar-refractivity contribution >= 4 is 38.4 Å². The van der Waals surface area contributed by atoms with Crippen LogP contribution in [0, 0.1) is 12.7 Å². The molecular formula is C10H6BrClFNO. The molecule has 15 heavy (non-hydrogen) atoms. The number of aryl methyl sites for hydroxylation is 1. The monoisotopic (exact) mass is 289 g/mol. The normalized spacial score (nSPS) is 10.9. The van der Waals surface area contributed by atoms with E-state index in [-0.39, 0.29) is 14.9 Å². The molecule has 0 saturated carbocycles. The smallest absolute Gasteiger partial charge is 0.210 e. The summed E-state index contributed by atoms with van der Waals surface area (Å²) in [7, 11) is 0. The fourth-order valence-electron chi connectivity index (χ4n) is 1.47. The molecule has 2 aromatic rings. The van der Waals surface area contributed by atoms with Crippen molar-refractivity contribution in [3.05, 3.63) is 43.4 Å². The zero-order valence-electron chi connectivity index (χ0n) is 7.70. The van der Waals surface area contributed by atoms with Gasteiger partial charge >= 0.3 is 0 Å². The van der Waals surface area contributed by atoms with Crippen LogP contribution in [0.25, 0.3) is 10.9 Å². The Morgan fingerprint density at radius 1 is 1.53 bits per heavy atom. The highest BCUT2D eigenvalue weighted by molar-refractivity contribution is 9.10. The van der Waals surface area contributed by atoms with Crippen LogP contribution < -0.4 is 5.43 Å². The van der Waals surface area contributed by atoms with Crippen molar-refractivity contribution in [1.29, 1.82) is 0 Å². The largest absolute Gasteiger partial charge is 0.359 e. The van der Waals surface area contributed by atoms with Crippen molar-refractivity contribution in [2.45, 2.75) is 6.92 Å². The molecular weight excluding hydrogens is 284 g/mol. The molecule has 0 atom stereocenters. The molecule has 5 heteroatoms. The second-order valence-corrected chi connectivity index (χ2v) is 4.47. The Kier molecular flexibility index (Phi) is 2.56. The maximum atomic E-state index is 13.7. The number of hydrogen-bond acceptors (Lipinski definition) is 1. The molecule has 0 aliphatic heterocycles. The molecule has 0 unspecified atom stereocenters. The molecule has 0 fully saturated rings. The first kappa shape index (κ1) is 10.6. The van der Waals surface area contributed by atoms with Gasteiger partial charge in [0.05, 0.1) is 15.4 Å². The number of benzene rings is 1. The number of pyridine rings is 1. The minimum absolute atomic E-state index is 0.00521. The fraction of sp³-hybridized carbons (Fsp3) is 0.100. The summed E-state index contributed by atoms with van der Waals surface area (Å²) in [6, 6.07) is 1.61. The van der Waals surface area contributed by atoms with Gasteiger partial charge in [-0.3, -0.25) is 4.79 Å². The average Bonchev–Trinajstić information content (AvgIpc) is 2.19. The molecule has 2 rings (SSSR count). The standard InChI is InChI=1S/C10H6BrClFNO/c1-4-2-5(11)8(13)7-9(4)14-3-6(12)10(7)15/h2-3H,1H3,(H,14,15). The molecule has 1 aromatic heterocycles. The number of halogens is 3. The number of H-pyrrole nitrogens is 1. The zero-order valence-corrected chi connectivity index (χ0v) is 10.0. The number of aromatic nitrogens is 1. The zero-order chi connectivity index (χ0) is 11.2. The lowest BCUT2D eigenvalue weighted by Crippen LogP contribution is -2.06. The van der Waals surface area contributed by atoms with E-state index >= 15 is 0 Å². The molecule has 1 heterocycles. The third-order valence-electron chi connectivity index (χ3n) is 2.20. The van der Waals surface area contributed by atoms with Crippen LogP contribution in [0.4, 0.5) is 4.39 Å². The maximum absolute atomic E-state index is 13.7. The third kappa shape index (κ3) is 1.58. The van der Waals surface area contributed by atoms with Crippen molar-refractivity contribution in [1.82, 2.24) is 4.98 Å². The summed E-state index contributed by atoms with van der Waals surface area (Å²) in [5.74, 6) is -0.584. The van der Waals surface area contributed by atoms with Gasteiger partial charge in [-0.1, -0.05) is 11.6 Å². The third-order valence-corrected chi connectivity index (χ3v) is 3.06. The van der Waals surface area contributed by atoms with Gasteiger partial charge < -0.3 is 4.98 Å². The van der Waals surface area contributed by atoms with Gasteiger partial charge in [-0.25, -0.2) is 4.39 Å². The van der Waals surface area contributed by atoms with Crippen LogP contribution in [0.3, 0.4) is 0 Å². The summed E-state index contributed by atoms with van der Waals surface area (Å²) in [5, 5.41) is -0.0201. The first-order valence-corrected chi connectivity index (χ1v) is 5.35. The van der Waals surface area contributed by atoms with Crippen molar-refractivity contribution in [3.8, 4) is 0 Å². The maximum Gasteiger partial charge on any atom is 0.210 e. The van der Waals surface area contributed by atoms with Crippen molar-refractivity contribution in [2.24, 2.45) is 0 Å². The quantitative estimate of drug-likeness (QED) is 0.792. The lowest BCUT2D eigenvalue weighted by atomic mass is 10.1. The number of aromatic amines is 1. The van der Waals surface area contributed by atoms with Gasteiger partial charge in [0.1, 0.15) is 5.02 Å². The molecule has 2 nitrogen and oxygen atoms in total. The highest BCUT2D eigenvalue weighted by Gasteiger charge is 2.13. The van der Waals surface area contributed by atoms with E-state index in [0.29, 0.717) is 5.52 Å². The summed E-state index contributed by atoms with van der Waals surface area (Å²) in [4.78, 5) is 14.4. The van der Waals surface area contributed by atoms with E-state index in [4.69, 9.17) is 11.6 Å². The SMILES string of the molecule is Cc1cc(Br)c(F)c2c(=O)c(Cl)c[nH]c12. The summed E-state index contributed by atoms with van der Waals surface area (Å²) in [5.41, 5.74) is 0.768. The molecule has 1 aromatic carbocycles. The van der Waals surface area contributed by atoms with Gasteiger partial charge in [0.2, 0.25) is 5.43 Å². The van der Waals surface area contributed by atoms with E-state index in [0.717, 1.165) is 5.56 Å². The van der Waals surface area contributed by atoms with Crippen molar-refractivity contribution in [3.63, 3.8) is 0 Å². The molecule has 0 aliphatic rings. The molecule has 0 spiro atoms. The number of rotatable bonds is 0. The summed E-state index contributed by atoms with van der Waals surface area (Å²) < 4.78 is 14.0. The van der Waals surface area contributed by atoms with Crippen molar-refractivity contribution < 1.29 is 4.39 Å². The van der Waals surface area contributed by atoms with Crippen LogP contribution in [0.2, 0.25) is 5.02 Å². The first-order valence-electron chi connectivity index (χ1n) is 4.18.